The molecule has 1 N–H and O–H groups in total. The number of hydrogen-bond donors (Lipinski definition) is 1. The second kappa shape index (κ2) is 6.27. The second-order valence-corrected chi connectivity index (χ2v) is 6.12. The van der Waals surface area contributed by atoms with Crippen molar-refractivity contribution in [3.63, 3.8) is 0 Å². The van der Waals surface area contributed by atoms with Crippen molar-refractivity contribution in [1.29, 1.82) is 0 Å². The molecule has 1 saturated carbocycles. The molecule has 0 saturated heterocycles. The van der Waals surface area contributed by atoms with Crippen LogP contribution in [0.5, 0.6) is 5.75 Å². The predicted octanol–water partition coefficient (Wildman–Crippen LogP) is 4.81. The zero-order chi connectivity index (χ0) is 14.8. The molecule has 0 bridgehead atoms. The number of ether oxygens (including phenoxy) is 1. The molecule has 21 heavy (non-hydrogen) atoms. The molecule has 110 valence electrons. The summed E-state index contributed by atoms with van der Waals surface area (Å²) in [5.41, 5.74) is 1.60. The number of aliphatic hydroxyl groups is 1. The molecule has 0 amide bonds. The molecule has 0 spiro atoms. The molecule has 0 aliphatic heterocycles. The average Bonchev–Trinajstić information content (AvgIpc) is 3.28. The van der Waals surface area contributed by atoms with Gasteiger partial charge in [-0.15, -0.1) is 0 Å². The van der Waals surface area contributed by atoms with Crippen LogP contribution < -0.4 is 4.74 Å². The molecule has 0 radical (unpaired) electrons. The summed E-state index contributed by atoms with van der Waals surface area (Å²) in [5, 5.41) is 11.5. The SMILES string of the molecule is OC(Cc1c(Cl)cccc1Cl)c1ccc(OC2CC2)cc1. The molecule has 3 rings (SSSR count). The van der Waals surface area contributed by atoms with Crippen LogP contribution in [0.2, 0.25) is 10.0 Å². The molecule has 0 heterocycles. The maximum absolute atomic E-state index is 10.3. The van der Waals surface area contributed by atoms with E-state index in [1.165, 1.54) is 0 Å². The molecule has 1 fully saturated rings. The Morgan fingerprint density at radius 2 is 1.67 bits per heavy atom. The highest BCUT2D eigenvalue weighted by molar-refractivity contribution is 6.36. The Morgan fingerprint density at radius 1 is 1.05 bits per heavy atom. The number of halogens is 2. The molecular formula is C17H16Cl2O2. The Bertz CT molecular complexity index is 601. The van der Waals surface area contributed by atoms with E-state index < -0.39 is 6.10 Å². The molecule has 2 aromatic rings. The zero-order valence-corrected chi connectivity index (χ0v) is 12.9. The average molecular weight is 323 g/mol. The van der Waals surface area contributed by atoms with Crippen LogP contribution in [0, 0.1) is 0 Å². The quantitative estimate of drug-likeness (QED) is 0.855. The van der Waals surface area contributed by atoms with Crippen LogP contribution in [0.4, 0.5) is 0 Å². The minimum Gasteiger partial charge on any atom is -0.490 e. The largest absolute Gasteiger partial charge is 0.490 e. The van der Waals surface area contributed by atoms with E-state index in [1.54, 1.807) is 18.2 Å². The van der Waals surface area contributed by atoms with Gasteiger partial charge in [-0.2, -0.15) is 0 Å². The fraction of sp³-hybridized carbons (Fsp3) is 0.294. The molecular weight excluding hydrogens is 307 g/mol. The molecule has 1 aliphatic carbocycles. The Hall–Kier alpha value is -1.22. The highest BCUT2D eigenvalue weighted by Crippen LogP contribution is 2.31. The van der Waals surface area contributed by atoms with E-state index in [2.05, 4.69) is 0 Å². The fourth-order valence-corrected chi connectivity index (χ4v) is 2.74. The van der Waals surface area contributed by atoms with Crippen molar-refractivity contribution >= 4 is 23.2 Å². The van der Waals surface area contributed by atoms with Gasteiger partial charge in [0.2, 0.25) is 0 Å². The normalized spacial score (nSPS) is 15.8. The van der Waals surface area contributed by atoms with Crippen LogP contribution >= 0.6 is 23.2 Å². The van der Waals surface area contributed by atoms with Gasteiger partial charge in [0.05, 0.1) is 12.2 Å². The Labute approximate surface area is 134 Å². The molecule has 2 nitrogen and oxygen atoms in total. The Morgan fingerprint density at radius 3 is 2.24 bits per heavy atom. The first-order valence-electron chi connectivity index (χ1n) is 7.01. The monoisotopic (exact) mass is 322 g/mol. The number of rotatable bonds is 5. The van der Waals surface area contributed by atoms with Gasteiger partial charge < -0.3 is 9.84 Å². The lowest BCUT2D eigenvalue weighted by molar-refractivity contribution is 0.178. The van der Waals surface area contributed by atoms with Crippen molar-refractivity contribution in [3.05, 3.63) is 63.6 Å². The first-order chi connectivity index (χ1) is 10.1. The van der Waals surface area contributed by atoms with Crippen LogP contribution in [0.3, 0.4) is 0 Å². The van der Waals surface area contributed by atoms with Crippen molar-refractivity contribution in [2.24, 2.45) is 0 Å². The summed E-state index contributed by atoms with van der Waals surface area (Å²) in [6.45, 7) is 0. The van der Waals surface area contributed by atoms with Crippen molar-refractivity contribution in [1.82, 2.24) is 0 Å². The van der Waals surface area contributed by atoms with Crippen molar-refractivity contribution in [2.75, 3.05) is 0 Å². The number of aliphatic hydroxyl groups excluding tert-OH is 1. The van der Waals surface area contributed by atoms with Gasteiger partial charge in [0.15, 0.2) is 0 Å². The van der Waals surface area contributed by atoms with Gasteiger partial charge in [-0.3, -0.25) is 0 Å². The summed E-state index contributed by atoms with van der Waals surface area (Å²) < 4.78 is 5.69. The molecule has 4 heteroatoms. The van der Waals surface area contributed by atoms with Crippen LogP contribution in [-0.4, -0.2) is 11.2 Å². The van der Waals surface area contributed by atoms with Gasteiger partial charge in [0.1, 0.15) is 5.75 Å². The third-order valence-corrected chi connectivity index (χ3v) is 4.26. The molecule has 0 aromatic heterocycles. The third-order valence-electron chi connectivity index (χ3n) is 3.55. The van der Waals surface area contributed by atoms with E-state index in [1.807, 2.05) is 24.3 Å². The standard InChI is InChI=1S/C17H16Cl2O2/c18-15-2-1-3-16(19)14(15)10-17(20)11-4-6-12(7-5-11)21-13-8-9-13/h1-7,13,17,20H,8-10H2. The third kappa shape index (κ3) is 3.70. The number of hydrogen-bond acceptors (Lipinski definition) is 2. The summed E-state index contributed by atoms with van der Waals surface area (Å²) in [7, 11) is 0. The van der Waals surface area contributed by atoms with Gasteiger partial charge in [-0.05, 0) is 48.2 Å². The van der Waals surface area contributed by atoms with Crippen LogP contribution in [-0.2, 0) is 6.42 Å². The summed E-state index contributed by atoms with van der Waals surface area (Å²) in [6.07, 6.45) is 2.40. The van der Waals surface area contributed by atoms with Crippen molar-refractivity contribution in [2.45, 2.75) is 31.5 Å². The van der Waals surface area contributed by atoms with E-state index >= 15 is 0 Å². The summed E-state index contributed by atoms with van der Waals surface area (Å²) in [5.74, 6) is 0.851. The lowest BCUT2D eigenvalue weighted by atomic mass is 10.0. The van der Waals surface area contributed by atoms with Crippen LogP contribution in [0.25, 0.3) is 0 Å². The first-order valence-corrected chi connectivity index (χ1v) is 7.76. The van der Waals surface area contributed by atoms with Gasteiger partial charge in [0, 0.05) is 16.5 Å². The van der Waals surface area contributed by atoms with Crippen LogP contribution in [0.1, 0.15) is 30.1 Å². The highest BCUT2D eigenvalue weighted by Gasteiger charge is 2.23. The number of benzene rings is 2. The van der Waals surface area contributed by atoms with Crippen molar-refractivity contribution in [3.8, 4) is 5.75 Å². The van der Waals surface area contributed by atoms with E-state index in [9.17, 15) is 5.11 Å². The second-order valence-electron chi connectivity index (χ2n) is 5.31. The van der Waals surface area contributed by atoms with Crippen LogP contribution in [0.15, 0.2) is 42.5 Å². The van der Waals surface area contributed by atoms with E-state index in [0.29, 0.717) is 22.6 Å². The Kier molecular flexibility index (Phi) is 4.39. The lowest BCUT2D eigenvalue weighted by Gasteiger charge is -2.14. The minimum absolute atomic E-state index is 0.378. The first kappa shape index (κ1) is 14.7. The highest BCUT2D eigenvalue weighted by atomic mass is 35.5. The van der Waals surface area contributed by atoms with Gasteiger partial charge >= 0.3 is 0 Å². The van der Waals surface area contributed by atoms with Crippen molar-refractivity contribution < 1.29 is 9.84 Å². The molecule has 1 atom stereocenters. The minimum atomic E-state index is -0.641. The summed E-state index contributed by atoms with van der Waals surface area (Å²) in [4.78, 5) is 0. The lowest BCUT2D eigenvalue weighted by Crippen LogP contribution is -2.03. The summed E-state index contributed by atoms with van der Waals surface area (Å²) >= 11 is 12.3. The molecule has 1 aliphatic rings. The Balaban J connectivity index is 1.70. The van der Waals surface area contributed by atoms with Gasteiger partial charge in [0.25, 0.3) is 0 Å². The maximum atomic E-state index is 10.3. The topological polar surface area (TPSA) is 29.5 Å². The van der Waals surface area contributed by atoms with Gasteiger partial charge in [-0.1, -0.05) is 41.4 Å². The smallest absolute Gasteiger partial charge is 0.119 e. The molecule has 2 aromatic carbocycles. The van der Waals surface area contributed by atoms with E-state index in [0.717, 1.165) is 29.7 Å². The fourth-order valence-electron chi connectivity index (χ4n) is 2.19. The zero-order valence-electron chi connectivity index (χ0n) is 11.4. The summed E-state index contributed by atoms with van der Waals surface area (Å²) in [6, 6.07) is 12.9. The molecule has 1 unspecified atom stereocenters. The van der Waals surface area contributed by atoms with E-state index in [-0.39, 0.29) is 0 Å². The maximum Gasteiger partial charge on any atom is 0.119 e. The van der Waals surface area contributed by atoms with Gasteiger partial charge in [-0.25, -0.2) is 0 Å². The van der Waals surface area contributed by atoms with E-state index in [4.69, 9.17) is 27.9 Å². The predicted molar refractivity (Wildman–Crippen MR) is 85.2 cm³/mol.